The maximum Gasteiger partial charge on any atom is 0.250 e. The molecule has 4 aromatic rings. The summed E-state index contributed by atoms with van der Waals surface area (Å²) >= 11 is 6.07. The van der Waals surface area contributed by atoms with Crippen LogP contribution in [0.15, 0.2) is 84.9 Å². The number of anilines is 2. The summed E-state index contributed by atoms with van der Waals surface area (Å²) in [7, 11) is 1.62. The first kappa shape index (κ1) is 23.3. The number of carbonyl (C=O) groups is 1. The highest BCUT2D eigenvalue weighted by molar-refractivity contribution is 6.30. The Kier molecular flexibility index (Phi) is 6.51. The maximum absolute atomic E-state index is 13.1. The highest BCUT2D eigenvalue weighted by atomic mass is 35.5. The van der Waals surface area contributed by atoms with Crippen LogP contribution in [0.2, 0.25) is 5.02 Å². The molecule has 2 heterocycles. The van der Waals surface area contributed by atoms with Gasteiger partial charge in [0.1, 0.15) is 17.6 Å². The molecule has 0 fully saturated rings. The molecule has 0 unspecified atom stereocenters. The van der Waals surface area contributed by atoms with E-state index in [0.717, 1.165) is 22.6 Å². The molecule has 180 valence electrons. The summed E-state index contributed by atoms with van der Waals surface area (Å²) in [4.78, 5) is 17.0. The van der Waals surface area contributed by atoms with Crippen molar-refractivity contribution in [3.63, 3.8) is 0 Å². The molecule has 0 spiro atoms. The quantitative estimate of drug-likeness (QED) is 0.327. The lowest BCUT2D eigenvalue weighted by atomic mass is 10.0. The zero-order valence-corrected chi connectivity index (χ0v) is 19.9. The number of methoxy groups -OCH3 is 1. The van der Waals surface area contributed by atoms with E-state index in [1.54, 1.807) is 30.0 Å². The van der Waals surface area contributed by atoms with Gasteiger partial charge in [0.25, 0.3) is 11.9 Å². The first-order chi connectivity index (χ1) is 17.5. The van der Waals surface area contributed by atoms with E-state index in [9.17, 15) is 9.18 Å². The Balaban J connectivity index is 1.43. The molecule has 1 atom stereocenters. The fourth-order valence-electron chi connectivity index (χ4n) is 3.78. The van der Waals surface area contributed by atoms with Crippen LogP contribution in [0.3, 0.4) is 0 Å². The van der Waals surface area contributed by atoms with Crippen LogP contribution in [-0.4, -0.2) is 27.8 Å². The standard InChI is InChI=1S/C27H21ClFN5O2/c1-36-22-13-7-19(8-14-22)24-16-23(18-5-9-20(28)10-6-18)30-27-32-26(33-34(24)27)31-25(35)15-4-17-2-11-21(29)12-3-17/h2-16,24H,1H3,(H2,30,31,32,33,35)/b15-4+/t24-/m0/s1. The number of hydrogen-bond donors (Lipinski definition) is 2. The highest BCUT2D eigenvalue weighted by Gasteiger charge is 2.25. The fraction of sp³-hybridized carbons (Fsp3) is 0.0741. The zero-order valence-electron chi connectivity index (χ0n) is 19.2. The van der Waals surface area contributed by atoms with Gasteiger partial charge in [-0.25, -0.2) is 9.07 Å². The summed E-state index contributed by atoms with van der Waals surface area (Å²) in [6.07, 6.45) is 4.97. The molecule has 0 bridgehead atoms. The average molecular weight is 502 g/mol. The summed E-state index contributed by atoms with van der Waals surface area (Å²) in [5.74, 6) is 0.620. The Hall–Kier alpha value is -4.43. The summed E-state index contributed by atoms with van der Waals surface area (Å²) in [6, 6.07) is 20.7. The predicted octanol–water partition coefficient (Wildman–Crippen LogP) is 5.79. The van der Waals surface area contributed by atoms with E-state index in [2.05, 4.69) is 20.7 Å². The lowest BCUT2D eigenvalue weighted by Crippen LogP contribution is -2.20. The second kappa shape index (κ2) is 10.1. The van der Waals surface area contributed by atoms with Crippen LogP contribution in [-0.2, 0) is 4.79 Å². The number of carbonyl (C=O) groups excluding carboxylic acids is 1. The van der Waals surface area contributed by atoms with Gasteiger partial charge in [0.2, 0.25) is 5.95 Å². The van der Waals surface area contributed by atoms with Crippen LogP contribution in [0.1, 0.15) is 22.7 Å². The molecule has 0 saturated heterocycles. The van der Waals surface area contributed by atoms with Crippen molar-refractivity contribution in [3.05, 3.63) is 112 Å². The molecular weight excluding hydrogens is 481 g/mol. The van der Waals surface area contributed by atoms with Crippen molar-refractivity contribution in [2.45, 2.75) is 6.04 Å². The third kappa shape index (κ3) is 5.13. The number of allylic oxidation sites excluding steroid dienone is 1. The second-order valence-corrected chi connectivity index (χ2v) is 8.44. The average Bonchev–Trinajstić information content (AvgIpc) is 3.30. The van der Waals surface area contributed by atoms with Gasteiger partial charge in [-0.15, -0.1) is 5.10 Å². The van der Waals surface area contributed by atoms with E-state index in [4.69, 9.17) is 16.3 Å². The van der Waals surface area contributed by atoms with Gasteiger partial charge in [0.05, 0.1) is 7.11 Å². The van der Waals surface area contributed by atoms with Crippen molar-refractivity contribution in [1.29, 1.82) is 0 Å². The van der Waals surface area contributed by atoms with Crippen molar-refractivity contribution in [2.24, 2.45) is 0 Å². The van der Waals surface area contributed by atoms with Gasteiger partial charge in [-0.05, 0) is 65.2 Å². The smallest absolute Gasteiger partial charge is 0.250 e. The number of benzene rings is 3. The molecule has 36 heavy (non-hydrogen) atoms. The Morgan fingerprint density at radius 2 is 1.81 bits per heavy atom. The number of ether oxygens (including phenoxy) is 1. The van der Waals surface area contributed by atoms with Gasteiger partial charge in [-0.3, -0.25) is 10.1 Å². The van der Waals surface area contributed by atoms with E-state index in [-0.39, 0.29) is 17.8 Å². The van der Waals surface area contributed by atoms with Gasteiger partial charge in [-0.2, -0.15) is 4.98 Å². The molecule has 3 aromatic carbocycles. The van der Waals surface area contributed by atoms with Gasteiger partial charge < -0.3 is 10.1 Å². The van der Waals surface area contributed by atoms with Crippen LogP contribution in [0.5, 0.6) is 5.75 Å². The van der Waals surface area contributed by atoms with Gasteiger partial charge in [0, 0.05) is 16.8 Å². The van der Waals surface area contributed by atoms with E-state index in [1.165, 1.54) is 18.2 Å². The maximum atomic E-state index is 13.1. The van der Waals surface area contributed by atoms with Gasteiger partial charge in [-0.1, -0.05) is 48.0 Å². The topological polar surface area (TPSA) is 81.1 Å². The third-order valence-electron chi connectivity index (χ3n) is 5.61. The van der Waals surface area contributed by atoms with E-state index >= 15 is 0 Å². The molecule has 1 aromatic heterocycles. The summed E-state index contributed by atoms with van der Waals surface area (Å²) in [5.41, 5.74) is 3.42. The van der Waals surface area contributed by atoms with Crippen molar-refractivity contribution in [3.8, 4) is 5.75 Å². The molecule has 7 nitrogen and oxygen atoms in total. The van der Waals surface area contributed by atoms with Crippen LogP contribution in [0.4, 0.5) is 16.3 Å². The zero-order chi connectivity index (χ0) is 25.1. The number of hydrogen-bond acceptors (Lipinski definition) is 5. The minimum absolute atomic E-state index is 0.149. The highest BCUT2D eigenvalue weighted by Crippen LogP contribution is 2.34. The molecule has 2 N–H and O–H groups in total. The largest absolute Gasteiger partial charge is 0.497 e. The second-order valence-electron chi connectivity index (χ2n) is 8.01. The number of aromatic nitrogens is 3. The first-order valence-electron chi connectivity index (χ1n) is 11.1. The Bertz CT molecular complexity index is 1450. The van der Waals surface area contributed by atoms with E-state index in [1.807, 2.05) is 54.6 Å². The number of fused-ring (bicyclic) bond motifs is 1. The van der Waals surface area contributed by atoms with Crippen molar-refractivity contribution in [1.82, 2.24) is 14.8 Å². The lowest BCUT2D eigenvalue weighted by Gasteiger charge is -2.24. The Morgan fingerprint density at radius 3 is 2.50 bits per heavy atom. The summed E-state index contributed by atoms with van der Waals surface area (Å²) in [5, 5.41) is 11.2. The van der Waals surface area contributed by atoms with E-state index in [0.29, 0.717) is 16.5 Å². The molecule has 1 aliphatic rings. The Labute approximate surface area is 211 Å². The van der Waals surface area contributed by atoms with Crippen molar-refractivity contribution in [2.75, 3.05) is 17.7 Å². The number of halogens is 2. The molecule has 0 radical (unpaired) electrons. The molecule has 0 aliphatic carbocycles. The fourth-order valence-corrected chi connectivity index (χ4v) is 3.91. The van der Waals surface area contributed by atoms with Crippen LogP contribution >= 0.6 is 11.6 Å². The van der Waals surface area contributed by atoms with Gasteiger partial charge >= 0.3 is 0 Å². The lowest BCUT2D eigenvalue weighted by molar-refractivity contribution is -0.111. The van der Waals surface area contributed by atoms with Crippen LogP contribution in [0.25, 0.3) is 11.8 Å². The van der Waals surface area contributed by atoms with Crippen molar-refractivity contribution < 1.29 is 13.9 Å². The monoisotopic (exact) mass is 501 g/mol. The van der Waals surface area contributed by atoms with Crippen LogP contribution < -0.4 is 15.4 Å². The molecule has 5 rings (SSSR count). The van der Waals surface area contributed by atoms with Crippen LogP contribution in [0, 0.1) is 5.82 Å². The molecule has 1 amide bonds. The molecule has 9 heteroatoms. The number of nitrogens with one attached hydrogen (secondary N) is 2. The predicted molar refractivity (Wildman–Crippen MR) is 138 cm³/mol. The summed E-state index contributed by atoms with van der Waals surface area (Å²) in [6.45, 7) is 0. The number of amides is 1. The SMILES string of the molecule is COc1ccc([C@@H]2C=C(c3ccc(Cl)cc3)Nc3nc(NC(=O)/C=C/c4ccc(F)cc4)nn32)cc1. The van der Waals surface area contributed by atoms with Gasteiger partial charge in [0.15, 0.2) is 0 Å². The minimum Gasteiger partial charge on any atom is -0.497 e. The number of nitrogens with zero attached hydrogens (tertiary/aromatic N) is 3. The molecule has 0 saturated carbocycles. The first-order valence-corrected chi connectivity index (χ1v) is 11.5. The normalized spacial score (nSPS) is 14.6. The molecular formula is C27H21ClFN5O2. The summed E-state index contributed by atoms with van der Waals surface area (Å²) < 4.78 is 20.1. The number of rotatable bonds is 6. The van der Waals surface area contributed by atoms with E-state index < -0.39 is 5.91 Å². The minimum atomic E-state index is -0.408. The Morgan fingerprint density at radius 1 is 1.08 bits per heavy atom. The third-order valence-corrected chi connectivity index (χ3v) is 5.86. The molecule has 1 aliphatic heterocycles. The van der Waals surface area contributed by atoms with Crippen molar-refractivity contribution >= 4 is 41.2 Å².